The normalized spacial score (nSPS) is 9.65. The van der Waals surface area contributed by atoms with Crippen molar-refractivity contribution in [2.45, 2.75) is 0 Å². The molecule has 3 nitrogen and oxygen atoms in total. The maximum Gasteiger partial charge on any atom is 0.160 e. The standard InChI is InChI=1S/C13H10N2OS/c1-15(11-6-12(8-16)17-9-11)13-5-3-2-4-10(13)7-14/h2-6,8-9H,1H3. The van der Waals surface area contributed by atoms with Crippen molar-refractivity contribution in [1.82, 2.24) is 0 Å². The van der Waals surface area contributed by atoms with Gasteiger partial charge in [-0.3, -0.25) is 4.79 Å². The molecule has 4 heteroatoms. The van der Waals surface area contributed by atoms with Crippen LogP contribution in [0.1, 0.15) is 15.2 Å². The summed E-state index contributed by atoms with van der Waals surface area (Å²) in [6.45, 7) is 0. The fourth-order valence-corrected chi connectivity index (χ4v) is 2.31. The van der Waals surface area contributed by atoms with E-state index in [2.05, 4.69) is 6.07 Å². The van der Waals surface area contributed by atoms with Crippen LogP contribution >= 0.6 is 11.3 Å². The monoisotopic (exact) mass is 242 g/mol. The van der Waals surface area contributed by atoms with E-state index in [4.69, 9.17) is 5.26 Å². The zero-order valence-electron chi connectivity index (χ0n) is 9.25. The minimum atomic E-state index is 0.619. The molecule has 0 saturated heterocycles. The van der Waals surface area contributed by atoms with Gasteiger partial charge >= 0.3 is 0 Å². The van der Waals surface area contributed by atoms with E-state index in [1.165, 1.54) is 11.3 Å². The van der Waals surface area contributed by atoms with Crippen molar-refractivity contribution >= 4 is 29.0 Å². The van der Waals surface area contributed by atoms with Crippen molar-refractivity contribution in [2.75, 3.05) is 11.9 Å². The molecule has 0 aliphatic carbocycles. The first kappa shape index (κ1) is 11.4. The Morgan fingerprint density at radius 2 is 2.18 bits per heavy atom. The molecule has 0 atom stereocenters. The van der Waals surface area contributed by atoms with Gasteiger partial charge in [0.05, 0.1) is 21.8 Å². The number of carbonyl (C=O) groups is 1. The van der Waals surface area contributed by atoms with Crippen LogP contribution in [-0.4, -0.2) is 13.3 Å². The summed E-state index contributed by atoms with van der Waals surface area (Å²) in [6.07, 6.45) is 0.832. The number of anilines is 2. The maximum atomic E-state index is 10.6. The van der Waals surface area contributed by atoms with E-state index in [-0.39, 0.29) is 0 Å². The molecule has 17 heavy (non-hydrogen) atoms. The Bertz CT molecular complexity index is 583. The van der Waals surface area contributed by atoms with Gasteiger partial charge in [0, 0.05) is 12.4 Å². The van der Waals surface area contributed by atoms with Gasteiger partial charge in [-0.2, -0.15) is 5.26 Å². The van der Waals surface area contributed by atoms with Crippen LogP contribution in [0.25, 0.3) is 0 Å². The Morgan fingerprint density at radius 3 is 2.82 bits per heavy atom. The van der Waals surface area contributed by atoms with Crippen molar-refractivity contribution in [3.63, 3.8) is 0 Å². The molecule has 0 radical (unpaired) electrons. The van der Waals surface area contributed by atoms with E-state index in [0.29, 0.717) is 10.4 Å². The Kier molecular flexibility index (Phi) is 3.22. The number of carbonyl (C=O) groups excluding carboxylic acids is 1. The Hall–Kier alpha value is -2.12. The highest BCUT2D eigenvalue weighted by molar-refractivity contribution is 7.12. The molecule has 0 N–H and O–H groups in total. The van der Waals surface area contributed by atoms with Crippen LogP contribution in [0.3, 0.4) is 0 Å². The van der Waals surface area contributed by atoms with Gasteiger partial charge in [-0.05, 0) is 18.2 Å². The number of nitrogens with zero attached hydrogens (tertiary/aromatic N) is 2. The summed E-state index contributed by atoms with van der Waals surface area (Å²) in [5, 5.41) is 10.9. The van der Waals surface area contributed by atoms with E-state index < -0.39 is 0 Å². The first-order chi connectivity index (χ1) is 8.26. The maximum absolute atomic E-state index is 10.6. The number of aldehydes is 1. The summed E-state index contributed by atoms with van der Waals surface area (Å²) >= 11 is 1.39. The number of benzene rings is 1. The van der Waals surface area contributed by atoms with Crippen LogP contribution in [-0.2, 0) is 0 Å². The largest absolute Gasteiger partial charge is 0.343 e. The average Bonchev–Trinajstić information content (AvgIpc) is 2.86. The SMILES string of the molecule is CN(c1csc(C=O)c1)c1ccccc1C#N. The third-order valence-corrected chi connectivity index (χ3v) is 3.34. The Labute approximate surface area is 104 Å². The molecule has 1 heterocycles. The lowest BCUT2D eigenvalue weighted by Crippen LogP contribution is -2.09. The summed E-state index contributed by atoms with van der Waals surface area (Å²) in [7, 11) is 1.88. The fourth-order valence-electron chi connectivity index (χ4n) is 1.58. The molecule has 1 aromatic heterocycles. The summed E-state index contributed by atoms with van der Waals surface area (Å²) < 4.78 is 0. The molecule has 0 aliphatic heterocycles. The molecule has 1 aromatic carbocycles. The second-order valence-electron chi connectivity index (χ2n) is 3.51. The summed E-state index contributed by atoms with van der Waals surface area (Å²) in [4.78, 5) is 13.2. The fraction of sp³-hybridized carbons (Fsp3) is 0.0769. The van der Waals surface area contributed by atoms with E-state index in [0.717, 1.165) is 17.7 Å². The van der Waals surface area contributed by atoms with Crippen LogP contribution < -0.4 is 4.90 Å². The summed E-state index contributed by atoms with van der Waals surface area (Å²) in [5.41, 5.74) is 2.37. The van der Waals surface area contributed by atoms with Crippen molar-refractivity contribution in [3.05, 3.63) is 46.2 Å². The third kappa shape index (κ3) is 2.19. The summed E-state index contributed by atoms with van der Waals surface area (Å²) in [6, 6.07) is 11.4. The first-order valence-corrected chi connectivity index (χ1v) is 5.91. The minimum Gasteiger partial charge on any atom is -0.343 e. The van der Waals surface area contributed by atoms with Crippen molar-refractivity contribution in [2.24, 2.45) is 0 Å². The average molecular weight is 242 g/mol. The lowest BCUT2D eigenvalue weighted by molar-refractivity contribution is 0.112. The molecule has 84 valence electrons. The van der Waals surface area contributed by atoms with E-state index >= 15 is 0 Å². The molecule has 0 unspecified atom stereocenters. The lowest BCUT2D eigenvalue weighted by Gasteiger charge is -2.18. The number of nitriles is 1. The zero-order valence-corrected chi connectivity index (χ0v) is 10.1. The number of hydrogen-bond acceptors (Lipinski definition) is 4. The van der Waals surface area contributed by atoms with Crippen molar-refractivity contribution in [3.8, 4) is 6.07 Å². The van der Waals surface area contributed by atoms with Crippen LogP contribution in [0, 0.1) is 11.3 Å². The highest BCUT2D eigenvalue weighted by Crippen LogP contribution is 2.29. The molecule has 0 spiro atoms. The van der Waals surface area contributed by atoms with Gasteiger partial charge in [0.2, 0.25) is 0 Å². The first-order valence-electron chi connectivity index (χ1n) is 5.03. The van der Waals surface area contributed by atoms with Gasteiger partial charge in [0.25, 0.3) is 0 Å². The predicted molar refractivity (Wildman–Crippen MR) is 68.9 cm³/mol. The Balaban J connectivity index is 2.40. The number of hydrogen-bond donors (Lipinski definition) is 0. The predicted octanol–water partition coefficient (Wildman–Crippen LogP) is 3.20. The summed E-state index contributed by atoms with van der Waals surface area (Å²) in [5.74, 6) is 0. The quantitative estimate of drug-likeness (QED) is 0.776. The Morgan fingerprint density at radius 1 is 1.41 bits per heavy atom. The van der Waals surface area contributed by atoms with E-state index in [9.17, 15) is 4.79 Å². The second-order valence-corrected chi connectivity index (χ2v) is 4.46. The van der Waals surface area contributed by atoms with E-state index in [1.54, 1.807) is 6.07 Å². The van der Waals surface area contributed by atoms with Gasteiger partial charge in [-0.25, -0.2) is 0 Å². The molecule has 2 rings (SSSR count). The van der Waals surface area contributed by atoms with Crippen LogP contribution in [0.4, 0.5) is 11.4 Å². The molecule has 0 aliphatic rings. The van der Waals surface area contributed by atoms with Crippen LogP contribution in [0.15, 0.2) is 35.7 Å². The smallest absolute Gasteiger partial charge is 0.160 e. The third-order valence-electron chi connectivity index (χ3n) is 2.50. The number of para-hydroxylation sites is 1. The topological polar surface area (TPSA) is 44.1 Å². The van der Waals surface area contributed by atoms with Gasteiger partial charge in [-0.15, -0.1) is 11.3 Å². The molecular weight excluding hydrogens is 232 g/mol. The molecule has 0 fully saturated rings. The molecule has 2 aromatic rings. The van der Waals surface area contributed by atoms with Crippen molar-refractivity contribution < 1.29 is 4.79 Å². The van der Waals surface area contributed by atoms with Gasteiger partial charge < -0.3 is 4.90 Å². The van der Waals surface area contributed by atoms with E-state index in [1.807, 2.05) is 41.6 Å². The van der Waals surface area contributed by atoms with Crippen molar-refractivity contribution in [1.29, 1.82) is 5.26 Å². The zero-order chi connectivity index (χ0) is 12.3. The molecule has 0 bridgehead atoms. The molecule has 0 saturated carbocycles. The van der Waals surface area contributed by atoms with Crippen LogP contribution in [0.2, 0.25) is 0 Å². The second kappa shape index (κ2) is 4.81. The minimum absolute atomic E-state index is 0.619. The number of thiophene rings is 1. The van der Waals surface area contributed by atoms with Gasteiger partial charge in [-0.1, -0.05) is 12.1 Å². The highest BCUT2D eigenvalue weighted by Gasteiger charge is 2.10. The number of rotatable bonds is 3. The lowest BCUT2D eigenvalue weighted by atomic mass is 10.2. The molecular formula is C13H10N2OS. The van der Waals surface area contributed by atoms with Crippen LogP contribution in [0.5, 0.6) is 0 Å². The molecule has 0 amide bonds. The van der Waals surface area contributed by atoms with Gasteiger partial charge in [0.15, 0.2) is 6.29 Å². The highest BCUT2D eigenvalue weighted by atomic mass is 32.1. The van der Waals surface area contributed by atoms with Gasteiger partial charge in [0.1, 0.15) is 6.07 Å².